The highest BCUT2D eigenvalue weighted by atomic mass is 16.6. The van der Waals surface area contributed by atoms with Crippen LogP contribution in [0.25, 0.3) is 0 Å². The highest BCUT2D eigenvalue weighted by Gasteiger charge is 2.15. The van der Waals surface area contributed by atoms with Crippen molar-refractivity contribution in [3.63, 3.8) is 0 Å². The number of nitro groups is 1. The van der Waals surface area contributed by atoms with Gasteiger partial charge in [-0.2, -0.15) is 0 Å². The summed E-state index contributed by atoms with van der Waals surface area (Å²) in [5.74, 6) is 0.419. The topological polar surface area (TPSA) is 64.4 Å². The Hall–Kier alpha value is -1.62. The number of hydrogen-bond donors (Lipinski definition) is 1. The zero-order valence-electron chi connectivity index (χ0n) is 12.0. The lowest BCUT2D eigenvalue weighted by Gasteiger charge is -2.23. The van der Waals surface area contributed by atoms with Gasteiger partial charge in [0.1, 0.15) is 0 Å². The van der Waals surface area contributed by atoms with Crippen LogP contribution in [0.5, 0.6) is 0 Å². The third-order valence-corrected chi connectivity index (χ3v) is 3.05. The van der Waals surface area contributed by atoms with Crippen molar-refractivity contribution in [3.05, 3.63) is 33.9 Å². The van der Waals surface area contributed by atoms with Crippen LogP contribution < -0.4 is 5.32 Å². The first-order valence-electron chi connectivity index (χ1n) is 6.55. The molecule has 1 N–H and O–H groups in total. The number of ether oxygens (including phenoxy) is 1. The molecule has 0 spiro atoms. The average Bonchev–Trinajstić information content (AvgIpc) is 2.33. The van der Waals surface area contributed by atoms with Gasteiger partial charge >= 0.3 is 0 Å². The molecule has 0 aromatic heterocycles. The molecule has 19 heavy (non-hydrogen) atoms. The fourth-order valence-electron chi connectivity index (χ4n) is 1.81. The van der Waals surface area contributed by atoms with Crippen LogP contribution in [-0.4, -0.2) is 24.2 Å². The summed E-state index contributed by atoms with van der Waals surface area (Å²) in [5, 5.41) is 14.1. The van der Waals surface area contributed by atoms with Crippen molar-refractivity contribution in [1.82, 2.24) is 0 Å². The Morgan fingerprint density at radius 3 is 2.58 bits per heavy atom. The molecular formula is C14H22N2O3. The number of nitrogens with zero attached hydrogens (tertiary/aromatic N) is 1. The van der Waals surface area contributed by atoms with Crippen LogP contribution in [0.4, 0.5) is 11.4 Å². The summed E-state index contributed by atoms with van der Waals surface area (Å²) in [7, 11) is 0. The first kappa shape index (κ1) is 15.4. The fraction of sp³-hybridized carbons (Fsp3) is 0.571. The van der Waals surface area contributed by atoms with Crippen molar-refractivity contribution >= 4 is 11.4 Å². The zero-order chi connectivity index (χ0) is 14.4. The van der Waals surface area contributed by atoms with Crippen molar-refractivity contribution < 1.29 is 9.66 Å². The monoisotopic (exact) mass is 266 g/mol. The van der Waals surface area contributed by atoms with E-state index >= 15 is 0 Å². The highest BCUT2D eigenvalue weighted by molar-refractivity contribution is 5.54. The summed E-state index contributed by atoms with van der Waals surface area (Å²) >= 11 is 0. The van der Waals surface area contributed by atoms with Crippen molar-refractivity contribution in [2.24, 2.45) is 5.92 Å². The molecule has 0 aliphatic rings. The Morgan fingerprint density at radius 2 is 2.11 bits per heavy atom. The molecule has 0 bridgehead atoms. The summed E-state index contributed by atoms with van der Waals surface area (Å²) in [6.45, 7) is 9.27. The molecular weight excluding hydrogens is 244 g/mol. The number of anilines is 1. The Labute approximate surface area is 114 Å². The molecule has 5 heteroatoms. The van der Waals surface area contributed by atoms with E-state index in [1.165, 1.54) is 6.07 Å². The summed E-state index contributed by atoms with van der Waals surface area (Å²) in [6.07, 6.45) is 0. The van der Waals surface area contributed by atoms with Crippen molar-refractivity contribution in [3.8, 4) is 0 Å². The first-order chi connectivity index (χ1) is 8.95. The largest absolute Gasteiger partial charge is 0.380 e. The molecule has 106 valence electrons. The lowest BCUT2D eigenvalue weighted by Crippen LogP contribution is -2.30. The Balaban J connectivity index is 2.79. The first-order valence-corrected chi connectivity index (χ1v) is 6.55. The number of nitro benzene ring substituents is 1. The van der Waals surface area contributed by atoms with Crippen molar-refractivity contribution in [2.45, 2.75) is 33.7 Å². The van der Waals surface area contributed by atoms with Crippen LogP contribution >= 0.6 is 0 Å². The van der Waals surface area contributed by atoms with Gasteiger partial charge in [0.05, 0.1) is 17.6 Å². The van der Waals surface area contributed by atoms with Gasteiger partial charge in [-0.25, -0.2) is 0 Å². The molecule has 1 rings (SSSR count). The molecule has 0 radical (unpaired) electrons. The third-order valence-electron chi connectivity index (χ3n) is 3.05. The van der Waals surface area contributed by atoms with Gasteiger partial charge in [-0.15, -0.1) is 0 Å². The molecule has 0 heterocycles. The van der Waals surface area contributed by atoms with Gasteiger partial charge in [0.15, 0.2) is 0 Å². The molecule has 0 aliphatic carbocycles. The predicted octanol–water partition coefficient (Wildman–Crippen LogP) is 3.38. The molecule has 1 atom stereocenters. The van der Waals surface area contributed by atoms with Crippen LogP contribution in [-0.2, 0) is 4.74 Å². The summed E-state index contributed by atoms with van der Waals surface area (Å²) in [5.41, 5.74) is 1.70. The number of benzene rings is 1. The van der Waals surface area contributed by atoms with Gasteiger partial charge in [-0.3, -0.25) is 10.1 Å². The predicted molar refractivity (Wildman–Crippen MR) is 76.6 cm³/mol. The Bertz CT molecular complexity index is 433. The molecule has 1 aromatic carbocycles. The molecule has 0 aliphatic heterocycles. The van der Waals surface area contributed by atoms with E-state index in [2.05, 4.69) is 19.2 Å². The maximum atomic E-state index is 10.8. The quantitative estimate of drug-likeness (QED) is 0.607. The second-order valence-corrected chi connectivity index (χ2v) is 4.91. The Morgan fingerprint density at radius 1 is 1.42 bits per heavy atom. The second-order valence-electron chi connectivity index (χ2n) is 4.91. The van der Waals surface area contributed by atoms with Crippen LogP contribution in [0.3, 0.4) is 0 Å². The van der Waals surface area contributed by atoms with Gasteiger partial charge in [0, 0.05) is 23.9 Å². The minimum absolute atomic E-state index is 0.149. The maximum Gasteiger partial charge on any atom is 0.272 e. The van der Waals surface area contributed by atoms with E-state index in [1.807, 2.05) is 6.92 Å². The van der Waals surface area contributed by atoms with Crippen LogP contribution in [0.2, 0.25) is 0 Å². The minimum Gasteiger partial charge on any atom is -0.380 e. The molecule has 0 fully saturated rings. The standard InChI is InChI=1S/C14H22N2O3/c1-5-19-9-13(10(2)3)15-12-6-7-14(16(17)18)11(4)8-12/h6-8,10,13,15H,5,9H2,1-4H3. The van der Waals surface area contributed by atoms with E-state index in [0.717, 1.165) is 5.69 Å². The smallest absolute Gasteiger partial charge is 0.272 e. The van der Waals surface area contributed by atoms with Gasteiger partial charge < -0.3 is 10.1 Å². The van der Waals surface area contributed by atoms with Gasteiger partial charge in [0.25, 0.3) is 5.69 Å². The van der Waals surface area contributed by atoms with Gasteiger partial charge in [-0.05, 0) is 31.9 Å². The second kappa shape index (κ2) is 7.09. The van der Waals surface area contributed by atoms with Crippen molar-refractivity contribution in [1.29, 1.82) is 0 Å². The molecule has 1 aromatic rings. The van der Waals surface area contributed by atoms with E-state index < -0.39 is 0 Å². The number of aryl methyl sites for hydroxylation is 1. The van der Waals surface area contributed by atoms with Crippen LogP contribution in [0.15, 0.2) is 18.2 Å². The summed E-state index contributed by atoms with van der Waals surface area (Å²) < 4.78 is 5.45. The molecule has 0 amide bonds. The SMILES string of the molecule is CCOCC(Nc1ccc([N+](=O)[O-])c(C)c1)C(C)C. The minimum atomic E-state index is -0.362. The number of nitrogens with one attached hydrogen (secondary N) is 1. The van der Waals surface area contributed by atoms with E-state index in [1.54, 1.807) is 19.1 Å². The highest BCUT2D eigenvalue weighted by Crippen LogP contribution is 2.23. The fourth-order valence-corrected chi connectivity index (χ4v) is 1.81. The summed E-state index contributed by atoms with van der Waals surface area (Å²) in [4.78, 5) is 10.4. The molecule has 0 saturated carbocycles. The van der Waals surface area contributed by atoms with Crippen LogP contribution in [0, 0.1) is 23.0 Å². The van der Waals surface area contributed by atoms with E-state index in [4.69, 9.17) is 4.74 Å². The Kier molecular flexibility index (Phi) is 5.76. The lowest BCUT2D eigenvalue weighted by molar-refractivity contribution is -0.385. The van der Waals surface area contributed by atoms with Crippen molar-refractivity contribution in [2.75, 3.05) is 18.5 Å². The summed E-state index contributed by atoms with van der Waals surface area (Å²) in [6, 6.07) is 5.28. The molecule has 5 nitrogen and oxygen atoms in total. The van der Waals surface area contributed by atoms with Gasteiger partial charge in [-0.1, -0.05) is 13.8 Å². The van der Waals surface area contributed by atoms with Crippen LogP contribution in [0.1, 0.15) is 26.3 Å². The van der Waals surface area contributed by atoms with E-state index in [0.29, 0.717) is 24.7 Å². The van der Waals surface area contributed by atoms with E-state index in [9.17, 15) is 10.1 Å². The molecule has 0 saturated heterocycles. The molecule has 1 unspecified atom stereocenters. The van der Waals surface area contributed by atoms with E-state index in [-0.39, 0.29) is 16.7 Å². The number of rotatable bonds is 7. The third kappa shape index (κ3) is 4.52. The number of hydrogen-bond acceptors (Lipinski definition) is 4. The average molecular weight is 266 g/mol. The maximum absolute atomic E-state index is 10.8. The lowest BCUT2D eigenvalue weighted by atomic mass is 10.0. The zero-order valence-corrected chi connectivity index (χ0v) is 12.0. The normalized spacial score (nSPS) is 12.5. The van der Waals surface area contributed by atoms with Gasteiger partial charge in [0.2, 0.25) is 0 Å².